The number of carbonyl (C=O) groups excluding carboxylic acids is 1. The van der Waals surface area contributed by atoms with Crippen LogP contribution in [0.1, 0.15) is 32.6 Å². The van der Waals surface area contributed by atoms with Crippen LogP contribution in [-0.4, -0.2) is 18.6 Å². The molecule has 0 heterocycles. The predicted molar refractivity (Wildman–Crippen MR) is 76.1 cm³/mol. The first kappa shape index (κ1) is 14.8. The highest BCUT2D eigenvalue weighted by Crippen LogP contribution is 2.27. The molecule has 1 aliphatic rings. The maximum Gasteiger partial charge on any atom is 0.228 e. The molecule has 1 amide bonds. The van der Waals surface area contributed by atoms with Gasteiger partial charge in [0.25, 0.3) is 0 Å². The molecule has 1 aromatic rings. The Morgan fingerprint density at radius 2 is 2.20 bits per heavy atom. The van der Waals surface area contributed by atoms with E-state index in [1.165, 1.54) is 6.07 Å². The summed E-state index contributed by atoms with van der Waals surface area (Å²) in [6.07, 6.45) is 4.34. The van der Waals surface area contributed by atoms with Gasteiger partial charge in [-0.3, -0.25) is 4.79 Å². The summed E-state index contributed by atoms with van der Waals surface area (Å²) in [6.45, 7) is 1.99. The predicted octanol–water partition coefficient (Wildman–Crippen LogP) is 2.68. The van der Waals surface area contributed by atoms with Crippen molar-refractivity contribution in [3.05, 3.63) is 24.0 Å². The Labute approximate surface area is 118 Å². The van der Waals surface area contributed by atoms with Crippen molar-refractivity contribution < 1.29 is 13.9 Å². The fourth-order valence-electron chi connectivity index (χ4n) is 2.23. The Morgan fingerprint density at radius 3 is 2.80 bits per heavy atom. The van der Waals surface area contributed by atoms with Crippen LogP contribution in [0, 0.1) is 11.7 Å². The average molecular weight is 280 g/mol. The van der Waals surface area contributed by atoms with Crippen LogP contribution in [0.4, 0.5) is 10.1 Å². The number of halogens is 1. The number of nitrogens with one attached hydrogen (secondary N) is 1. The second-order valence-corrected chi connectivity index (χ2v) is 5.30. The lowest BCUT2D eigenvalue weighted by molar-refractivity contribution is -0.119. The monoisotopic (exact) mass is 280 g/mol. The SMILES string of the molecule is CC(CN)C(=O)Nc1ccc(OC2CCCC2)c(F)c1. The number of benzene rings is 1. The second kappa shape index (κ2) is 6.70. The molecular weight excluding hydrogens is 259 g/mol. The zero-order valence-corrected chi connectivity index (χ0v) is 11.7. The average Bonchev–Trinajstić information content (AvgIpc) is 2.93. The molecular formula is C15H21FN2O2. The van der Waals surface area contributed by atoms with Crippen molar-refractivity contribution in [3.8, 4) is 5.75 Å². The summed E-state index contributed by atoms with van der Waals surface area (Å²) in [7, 11) is 0. The van der Waals surface area contributed by atoms with Crippen LogP contribution in [0.15, 0.2) is 18.2 Å². The number of hydrogen-bond acceptors (Lipinski definition) is 3. The van der Waals surface area contributed by atoms with Crippen molar-refractivity contribution >= 4 is 11.6 Å². The summed E-state index contributed by atoms with van der Waals surface area (Å²) in [6, 6.07) is 4.50. The molecule has 4 nitrogen and oxygen atoms in total. The fraction of sp³-hybridized carbons (Fsp3) is 0.533. The molecule has 5 heteroatoms. The van der Waals surface area contributed by atoms with Gasteiger partial charge in [-0.15, -0.1) is 0 Å². The Kier molecular flexibility index (Phi) is 4.95. The van der Waals surface area contributed by atoms with E-state index in [9.17, 15) is 9.18 Å². The van der Waals surface area contributed by atoms with E-state index in [-0.39, 0.29) is 30.2 Å². The standard InChI is InChI=1S/C15H21FN2O2/c1-10(9-17)15(19)18-11-6-7-14(13(16)8-11)20-12-4-2-3-5-12/h6-8,10,12H,2-5,9,17H2,1H3,(H,18,19). The first-order chi connectivity index (χ1) is 9.60. The summed E-state index contributed by atoms with van der Waals surface area (Å²) in [4.78, 5) is 11.7. The molecule has 2 rings (SSSR count). The van der Waals surface area contributed by atoms with Crippen LogP contribution in [0.3, 0.4) is 0 Å². The quantitative estimate of drug-likeness (QED) is 0.871. The molecule has 0 bridgehead atoms. The molecule has 1 aliphatic carbocycles. The zero-order chi connectivity index (χ0) is 14.5. The summed E-state index contributed by atoms with van der Waals surface area (Å²) in [5.74, 6) is -0.708. The van der Waals surface area contributed by atoms with E-state index in [1.807, 2.05) is 0 Å². The summed E-state index contributed by atoms with van der Waals surface area (Å²) in [5.41, 5.74) is 5.84. The first-order valence-electron chi connectivity index (χ1n) is 7.07. The maximum atomic E-state index is 13.9. The number of anilines is 1. The molecule has 1 atom stereocenters. The summed E-state index contributed by atoms with van der Waals surface area (Å²) in [5, 5.41) is 2.64. The zero-order valence-electron chi connectivity index (χ0n) is 11.7. The van der Waals surface area contributed by atoms with Crippen LogP contribution in [-0.2, 0) is 4.79 Å². The maximum absolute atomic E-state index is 13.9. The van der Waals surface area contributed by atoms with Gasteiger partial charge >= 0.3 is 0 Å². The molecule has 20 heavy (non-hydrogen) atoms. The van der Waals surface area contributed by atoms with Gasteiger partial charge < -0.3 is 15.8 Å². The third kappa shape index (κ3) is 3.70. The Bertz CT molecular complexity index is 473. The van der Waals surface area contributed by atoms with Gasteiger partial charge in [0.2, 0.25) is 5.91 Å². The molecule has 0 radical (unpaired) electrons. The fourth-order valence-corrected chi connectivity index (χ4v) is 2.23. The van der Waals surface area contributed by atoms with Crippen molar-refractivity contribution in [2.45, 2.75) is 38.7 Å². The van der Waals surface area contributed by atoms with Gasteiger partial charge in [0, 0.05) is 24.2 Å². The van der Waals surface area contributed by atoms with Crippen molar-refractivity contribution in [1.82, 2.24) is 0 Å². The number of rotatable bonds is 5. The van der Waals surface area contributed by atoms with Gasteiger partial charge in [0.1, 0.15) is 0 Å². The van der Waals surface area contributed by atoms with Gasteiger partial charge in [-0.25, -0.2) is 4.39 Å². The second-order valence-electron chi connectivity index (χ2n) is 5.30. The highest BCUT2D eigenvalue weighted by atomic mass is 19.1. The van der Waals surface area contributed by atoms with E-state index in [1.54, 1.807) is 19.1 Å². The molecule has 110 valence electrons. The summed E-state index contributed by atoms with van der Waals surface area (Å²) < 4.78 is 19.6. The Morgan fingerprint density at radius 1 is 1.50 bits per heavy atom. The normalized spacial score (nSPS) is 16.9. The minimum atomic E-state index is -0.449. The molecule has 1 saturated carbocycles. The molecule has 1 unspecified atom stereocenters. The van der Waals surface area contributed by atoms with E-state index >= 15 is 0 Å². The van der Waals surface area contributed by atoms with E-state index in [0.29, 0.717) is 5.69 Å². The molecule has 0 aromatic heterocycles. The topological polar surface area (TPSA) is 64.4 Å². The number of amides is 1. The number of hydrogen-bond donors (Lipinski definition) is 2. The minimum absolute atomic E-state index is 0.113. The molecule has 1 fully saturated rings. The third-order valence-electron chi connectivity index (χ3n) is 3.60. The van der Waals surface area contributed by atoms with Crippen LogP contribution >= 0.6 is 0 Å². The lowest BCUT2D eigenvalue weighted by Crippen LogP contribution is -2.26. The van der Waals surface area contributed by atoms with Gasteiger partial charge in [-0.2, -0.15) is 0 Å². The smallest absolute Gasteiger partial charge is 0.228 e. The lowest BCUT2D eigenvalue weighted by atomic mass is 10.1. The highest BCUT2D eigenvalue weighted by molar-refractivity contribution is 5.92. The van der Waals surface area contributed by atoms with Crippen molar-refractivity contribution in [2.24, 2.45) is 11.7 Å². The third-order valence-corrected chi connectivity index (χ3v) is 3.60. The Balaban J connectivity index is 1.99. The van der Waals surface area contributed by atoms with Gasteiger partial charge in [0.15, 0.2) is 11.6 Å². The largest absolute Gasteiger partial charge is 0.487 e. The van der Waals surface area contributed by atoms with Gasteiger partial charge in [-0.1, -0.05) is 6.92 Å². The molecule has 0 saturated heterocycles. The first-order valence-corrected chi connectivity index (χ1v) is 7.07. The summed E-state index contributed by atoms with van der Waals surface area (Å²) >= 11 is 0. The highest BCUT2D eigenvalue weighted by Gasteiger charge is 2.18. The Hall–Kier alpha value is -1.62. The minimum Gasteiger partial charge on any atom is -0.487 e. The van der Waals surface area contributed by atoms with E-state index in [4.69, 9.17) is 10.5 Å². The molecule has 0 spiro atoms. The van der Waals surface area contributed by atoms with Gasteiger partial charge in [0.05, 0.1) is 6.10 Å². The number of carbonyl (C=O) groups is 1. The van der Waals surface area contributed by atoms with Crippen molar-refractivity contribution in [3.63, 3.8) is 0 Å². The van der Waals surface area contributed by atoms with E-state index in [2.05, 4.69) is 5.32 Å². The van der Waals surface area contributed by atoms with Crippen LogP contribution in [0.25, 0.3) is 0 Å². The number of nitrogens with two attached hydrogens (primary N) is 1. The van der Waals surface area contributed by atoms with E-state index in [0.717, 1.165) is 25.7 Å². The van der Waals surface area contributed by atoms with E-state index < -0.39 is 5.82 Å². The molecule has 3 N–H and O–H groups in total. The van der Waals surface area contributed by atoms with Crippen molar-refractivity contribution in [1.29, 1.82) is 0 Å². The molecule has 1 aromatic carbocycles. The lowest BCUT2D eigenvalue weighted by Gasteiger charge is -2.15. The van der Waals surface area contributed by atoms with Crippen LogP contribution in [0.5, 0.6) is 5.75 Å². The van der Waals surface area contributed by atoms with Crippen molar-refractivity contribution in [2.75, 3.05) is 11.9 Å². The van der Waals surface area contributed by atoms with Crippen LogP contribution < -0.4 is 15.8 Å². The van der Waals surface area contributed by atoms with Crippen LogP contribution in [0.2, 0.25) is 0 Å². The van der Waals surface area contributed by atoms with Gasteiger partial charge in [-0.05, 0) is 37.8 Å². The number of ether oxygens (including phenoxy) is 1. The molecule has 0 aliphatic heterocycles.